The van der Waals surface area contributed by atoms with Crippen molar-refractivity contribution in [3.05, 3.63) is 84.1 Å². The zero-order valence-electron chi connectivity index (χ0n) is 15.6. The van der Waals surface area contributed by atoms with Crippen molar-refractivity contribution in [2.24, 2.45) is 0 Å². The van der Waals surface area contributed by atoms with Gasteiger partial charge in [0.05, 0.1) is 5.69 Å². The van der Waals surface area contributed by atoms with Crippen LogP contribution in [0.1, 0.15) is 5.56 Å². The lowest BCUT2D eigenvalue weighted by molar-refractivity contribution is -0.122. The molecule has 1 aliphatic heterocycles. The quantitative estimate of drug-likeness (QED) is 0.385. The van der Waals surface area contributed by atoms with Gasteiger partial charge in [0.15, 0.2) is 5.11 Å². The number of ether oxygens (including phenoxy) is 1. The van der Waals surface area contributed by atoms with E-state index in [9.17, 15) is 9.59 Å². The average Bonchev–Trinajstić information content (AvgIpc) is 2.74. The Balaban J connectivity index is 1.61. The van der Waals surface area contributed by atoms with Crippen LogP contribution < -0.4 is 20.7 Å². The summed E-state index contributed by atoms with van der Waals surface area (Å²) >= 11 is 5.22. The Labute approximate surface area is 177 Å². The number of hydrogen-bond donors (Lipinski definition) is 2. The van der Waals surface area contributed by atoms with Gasteiger partial charge in [0.1, 0.15) is 22.9 Å². The maximum Gasteiger partial charge on any atom is 0.270 e. The van der Waals surface area contributed by atoms with E-state index in [0.717, 1.165) is 0 Å². The van der Waals surface area contributed by atoms with E-state index in [4.69, 9.17) is 22.7 Å². The number of benzene rings is 2. The second-order valence-electron chi connectivity index (χ2n) is 6.34. The van der Waals surface area contributed by atoms with Gasteiger partial charge in [0, 0.05) is 11.8 Å². The lowest BCUT2D eigenvalue weighted by atomic mass is 10.1. The molecule has 3 N–H and O–H groups in total. The van der Waals surface area contributed by atoms with Crippen molar-refractivity contribution in [1.82, 2.24) is 10.3 Å². The molecule has 2 aromatic carbocycles. The summed E-state index contributed by atoms with van der Waals surface area (Å²) in [6.45, 7) is 0. The fraction of sp³-hybridized carbons (Fsp3) is 0. The number of pyridine rings is 1. The van der Waals surface area contributed by atoms with Gasteiger partial charge in [0.2, 0.25) is 0 Å². The maximum atomic E-state index is 13.1. The monoisotopic (exact) mass is 416 g/mol. The van der Waals surface area contributed by atoms with Crippen molar-refractivity contribution >= 4 is 46.7 Å². The predicted molar refractivity (Wildman–Crippen MR) is 118 cm³/mol. The highest BCUT2D eigenvalue weighted by atomic mass is 32.1. The second-order valence-corrected chi connectivity index (χ2v) is 6.73. The Kier molecular flexibility index (Phi) is 5.23. The highest BCUT2D eigenvalue weighted by Gasteiger charge is 2.34. The number of carbonyl (C=O) groups excluding carboxylic acids is 2. The Morgan fingerprint density at radius 2 is 1.67 bits per heavy atom. The molecule has 0 bridgehead atoms. The molecule has 8 heteroatoms. The molecule has 4 rings (SSSR count). The van der Waals surface area contributed by atoms with Crippen LogP contribution in [0.15, 0.2) is 78.5 Å². The molecule has 0 saturated carbocycles. The van der Waals surface area contributed by atoms with Crippen LogP contribution in [0.2, 0.25) is 0 Å². The molecule has 0 spiro atoms. The fourth-order valence-corrected chi connectivity index (χ4v) is 3.17. The number of carbonyl (C=O) groups is 2. The summed E-state index contributed by atoms with van der Waals surface area (Å²) in [4.78, 5) is 30.6. The van der Waals surface area contributed by atoms with Crippen LogP contribution in [0.4, 0.5) is 11.5 Å². The first-order chi connectivity index (χ1) is 14.5. The summed E-state index contributed by atoms with van der Waals surface area (Å²) in [7, 11) is 0. The molecule has 0 aliphatic carbocycles. The number of nitrogen functional groups attached to an aromatic ring is 1. The minimum absolute atomic E-state index is 0.00182. The molecule has 1 aromatic heterocycles. The molecule has 7 nitrogen and oxygen atoms in total. The van der Waals surface area contributed by atoms with Gasteiger partial charge in [-0.2, -0.15) is 0 Å². The molecule has 0 unspecified atom stereocenters. The van der Waals surface area contributed by atoms with Gasteiger partial charge in [-0.3, -0.25) is 19.8 Å². The van der Waals surface area contributed by atoms with Gasteiger partial charge in [-0.05, 0) is 66.8 Å². The van der Waals surface area contributed by atoms with Gasteiger partial charge >= 0.3 is 0 Å². The first kappa shape index (κ1) is 19.3. The maximum absolute atomic E-state index is 13.1. The van der Waals surface area contributed by atoms with Crippen molar-refractivity contribution < 1.29 is 14.3 Å². The number of nitrogens with one attached hydrogen (secondary N) is 1. The van der Waals surface area contributed by atoms with Crippen molar-refractivity contribution in [3.63, 3.8) is 0 Å². The van der Waals surface area contributed by atoms with Gasteiger partial charge in [-0.1, -0.05) is 18.2 Å². The molecule has 2 amide bonds. The van der Waals surface area contributed by atoms with Gasteiger partial charge in [-0.15, -0.1) is 0 Å². The van der Waals surface area contributed by atoms with Crippen molar-refractivity contribution in [2.75, 3.05) is 10.6 Å². The number of para-hydroxylation sites is 1. The Bertz CT molecular complexity index is 1160. The van der Waals surface area contributed by atoms with Crippen molar-refractivity contribution in [1.29, 1.82) is 0 Å². The number of amides is 2. The molecule has 0 radical (unpaired) electrons. The molecular weight excluding hydrogens is 400 g/mol. The predicted octanol–water partition coefficient (Wildman–Crippen LogP) is 3.29. The van der Waals surface area contributed by atoms with E-state index < -0.39 is 11.8 Å². The molecular formula is C22H16N4O3S. The molecule has 2 heterocycles. The van der Waals surface area contributed by atoms with Crippen LogP contribution in [0.3, 0.4) is 0 Å². The van der Waals surface area contributed by atoms with Crippen molar-refractivity contribution in [3.8, 4) is 11.5 Å². The summed E-state index contributed by atoms with van der Waals surface area (Å²) in [5, 5.41) is 2.54. The first-order valence-corrected chi connectivity index (χ1v) is 9.38. The zero-order chi connectivity index (χ0) is 21.1. The highest BCUT2D eigenvalue weighted by molar-refractivity contribution is 7.80. The first-order valence-electron chi connectivity index (χ1n) is 8.98. The van der Waals surface area contributed by atoms with Crippen LogP contribution in [-0.4, -0.2) is 21.9 Å². The van der Waals surface area contributed by atoms with Gasteiger partial charge < -0.3 is 10.5 Å². The number of nitrogens with zero attached hydrogens (tertiary/aromatic N) is 2. The summed E-state index contributed by atoms with van der Waals surface area (Å²) in [6.07, 6.45) is 2.93. The smallest absolute Gasteiger partial charge is 0.270 e. The molecule has 148 valence electrons. The van der Waals surface area contributed by atoms with Gasteiger partial charge in [0.25, 0.3) is 11.8 Å². The number of rotatable bonds is 4. The molecule has 1 fully saturated rings. The second kappa shape index (κ2) is 8.14. The van der Waals surface area contributed by atoms with E-state index >= 15 is 0 Å². The lowest BCUT2D eigenvalue weighted by Gasteiger charge is -2.29. The van der Waals surface area contributed by atoms with Crippen LogP contribution >= 0.6 is 12.2 Å². The number of anilines is 2. The Morgan fingerprint density at radius 1 is 0.967 bits per heavy atom. The number of thiocarbonyl (C=S) groups is 1. The summed E-state index contributed by atoms with van der Waals surface area (Å²) in [5.41, 5.74) is 6.70. The Morgan fingerprint density at radius 3 is 2.37 bits per heavy atom. The third-order valence-electron chi connectivity index (χ3n) is 4.35. The van der Waals surface area contributed by atoms with E-state index in [1.54, 1.807) is 36.4 Å². The van der Waals surface area contributed by atoms with E-state index in [1.807, 2.05) is 30.3 Å². The van der Waals surface area contributed by atoms with E-state index in [0.29, 0.717) is 22.7 Å². The summed E-state index contributed by atoms with van der Waals surface area (Å²) < 4.78 is 5.77. The molecule has 0 atom stereocenters. The standard InChI is InChI=1S/C22H16N4O3S/c23-19-14(5-4-12-24-19)13-18-20(27)25-22(30)26(21(18)28)15-8-10-17(11-9-15)29-16-6-2-1-3-7-16/h1-13H,(H2,23,24)(H,25,27,30). The van der Waals surface area contributed by atoms with Gasteiger partial charge in [-0.25, -0.2) is 4.98 Å². The summed E-state index contributed by atoms with van der Waals surface area (Å²) in [6, 6.07) is 19.5. The van der Waals surface area contributed by atoms with Crippen LogP contribution in [0.25, 0.3) is 6.08 Å². The minimum atomic E-state index is -0.589. The fourth-order valence-electron chi connectivity index (χ4n) is 2.89. The number of aromatic nitrogens is 1. The van der Waals surface area contributed by atoms with Crippen LogP contribution in [0, 0.1) is 0 Å². The summed E-state index contributed by atoms with van der Waals surface area (Å²) in [5.74, 6) is 0.370. The third-order valence-corrected chi connectivity index (χ3v) is 4.63. The molecule has 1 aliphatic rings. The zero-order valence-corrected chi connectivity index (χ0v) is 16.4. The third kappa shape index (κ3) is 3.89. The SMILES string of the molecule is Nc1ncccc1C=C1C(=O)NC(=S)N(c2ccc(Oc3ccccc3)cc2)C1=O. The topological polar surface area (TPSA) is 97.5 Å². The Hall–Kier alpha value is -4.04. The van der Waals surface area contributed by atoms with Crippen LogP contribution in [0.5, 0.6) is 11.5 Å². The van der Waals surface area contributed by atoms with Crippen LogP contribution in [-0.2, 0) is 9.59 Å². The average molecular weight is 416 g/mol. The largest absolute Gasteiger partial charge is 0.457 e. The lowest BCUT2D eigenvalue weighted by Crippen LogP contribution is -2.54. The van der Waals surface area contributed by atoms with Crippen molar-refractivity contribution in [2.45, 2.75) is 0 Å². The number of hydrogen-bond acceptors (Lipinski definition) is 6. The minimum Gasteiger partial charge on any atom is -0.457 e. The molecule has 1 saturated heterocycles. The molecule has 3 aromatic rings. The van der Waals surface area contributed by atoms with E-state index in [1.165, 1.54) is 17.2 Å². The van der Waals surface area contributed by atoms with E-state index in [2.05, 4.69) is 10.3 Å². The molecule has 30 heavy (non-hydrogen) atoms. The normalized spacial score (nSPS) is 15.3. The highest BCUT2D eigenvalue weighted by Crippen LogP contribution is 2.27. The number of nitrogens with two attached hydrogens (primary N) is 1. The van der Waals surface area contributed by atoms with E-state index in [-0.39, 0.29) is 16.5 Å².